The van der Waals surface area contributed by atoms with E-state index in [9.17, 15) is 0 Å². The van der Waals surface area contributed by atoms with Gasteiger partial charge in [-0.1, -0.05) is 170 Å². The van der Waals surface area contributed by atoms with Crippen LogP contribution >= 0.6 is 0 Å². The van der Waals surface area contributed by atoms with Crippen LogP contribution in [0.15, 0.2) is 204 Å². The number of benzene rings is 8. The normalized spacial score (nSPS) is 12.5. The van der Waals surface area contributed by atoms with Gasteiger partial charge < -0.3 is 0 Å². The number of aromatic nitrogens is 2. The Bertz CT molecular complexity index is 3020. The highest BCUT2D eigenvalue weighted by Gasteiger charge is 2.26. The predicted octanol–water partition coefficient (Wildman–Crippen LogP) is 13.1. The van der Waals surface area contributed by atoms with Gasteiger partial charge in [0.15, 0.2) is 0 Å². The topological polar surface area (TPSA) is 50.5 Å². The smallest absolute Gasteiger partial charge is 0.116 e. The molecular formula is C52H32N4. The van der Waals surface area contributed by atoms with Crippen molar-refractivity contribution in [2.75, 3.05) is 0 Å². The lowest BCUT2D eigenvalue weighted by Crippen LogP contribution is -2.14. The van der Waals surface area contributed by atoms with E-state index in [0.29, 0.717) is 0 Å². The fourth-order valence-electron chi connectivity index (χ4n) is 8.22. The zero-order valence-electron chi connectivity index (χ0n) is 30.3. The van der Waals surface area contributed by atoms with Crippen LogP contribution in [0.3, 0.4) is 0 Å². The summed E-state index contributed by atoms with van der Waals surface area (Å²) in [5.74, 6) is 0. The summed E-state index contributed by atoms with van der Waals surface area (Å²) >= 11 is 0. The molecule has 0 amide bonds. The Hall–Kier alpha value is -7.56. The zero-order chi connectivity index (χ0) is 37.0. The molecule has 0 saturated heterocycles. The highest BCUT2D eigenvalue weighted by atomic mass is 14.9. The van der Waals surface area contributed by atoms with Crippen LogP contribution in [-0.4, -0.2) is 21.4 Å². The standard InChI is InChI=1S/C52H32N4/c1-3-15-33(16-4-1)37-21-11-25-41-39(37)23-13-27-43(41)49-51-47(31-35-19-7-9-29-45(35)53-51)56-50(52-48(55-49)32-36-20-8-10-30-46(36)54-52)44-28-14-24-40-38(22-12-26-42(40)44)34-17-5-2-6-18-34/h1-32H. The van der Waals surface area contributed by atoms with Crippen LogP contribution in [0.25, 0.3) is 65.6 Å². The van der Waals surface area contributed by atoms with Crippen molar-refractivity contribution < 1.29 is 0 Å². The minimum absolute atomic E-state index is 0.725. The number of rotatable bonds is 4. The van der Waals surface area contributed by atoms with E-state index in [4.69, 9.17) is 20.0 Å². The first kappa shape index (κ1) is 31.9. The van der Waals surface area contributed by atoms with Gasteiger partial charge in [-0.25, -0.2) is 20.0 Å². The van der Waals surface area contributed by atoms with Gasteiger partial charge in [-0.15, -0.1) is 0 Å². The van der Waals surface area contributed by atoms with Crippen molar-refractivity contribution in [1.29, 1.82) is 0 Å². The second-order valence-corrected chi connectivity index (χ2v) is 14.2. The Labute approximate surface area is 323 Å². The Balaban J connectivity index is 1.24. The largest absolute Gasteiger partial charge is 0.244 e. The van der Waals surface area contributed by atoms with Gasteiger partial charge in [-0.05, 0) is 68.1 Å². The summed E-state index contributed by atoms with van der Waals surface area (Å²) in [5, 5.41) is 6.50. The first-order valence-electron chi connectivity index (χ1n) is 18.9. The van der Waals surface area contributed by atoms with Gasteiger partial charge in [0.05, 0.1) is 33.8 Å². The highest BCUT2D eigenvalue weighted by molar-refractivity contribution is 6.28. The molecule has 0 radical (unpaired) electrons. The van der Waals surface area contributed by atoms with Gasteiger partial charge >= 0.3 is 0 Å². The van der Waals surface area contributed by atoms with Gasteiger partial charge in [0.25, 0.3) is 0 Å². The van der Waals surface area contributed by atoms with E-state index >= 15 is 0 Å². The quantitative estimate of drug-likeness (QED) is 0.182. The number of fused-ring (bicyclic) bond motifs is 6. The van der Waals surface area contributed by atoms with Crippen molar-refractivity contribution in [3.8, 4) is 22.3 Å². The molecule has 2 aromatic heterocycles. The minimum atomic E-state index is 0.725. The van der Waals surface area contributed by atoms with Gasteiger partial charge in [0.2, 0.25) is 0 Å². The van der Waals surface area contributed by atoms with Crippen molar-refractivity contribution in [1.82, 2.24) is 9.97 Å². The average Bonchev–Trinajstić information content (AvgIpc) is 3.26. The van der Waals surface area contributed by atoms with Gasteiger partial charge in [0.1, 0.15) is 11.4 Å². The Morgan fingerprint density at radius 2 is 0.643 bits per heavy atom. The van der Waals surface area contributed by atoms with E-state index in [1.807, 2.05) is 24.3 Å². The predicted molar refractivity (Wildman–Crippen MR) is 233 cm³/mol. The van der Waals surface area contributed by atoms with E-state index in [2.05, 4.69) is 170 Å². The Kier molecular flexibility index (Phi) is 7.46. The number of hydrogen-bond donors (Lipinski definition) is 0. The third-order valence-electron chi connectivity index (χ3n) is 10.8. The first-order chi connectivity index (χ1) is 27.8. The van der Waals surface area contributed by atoms with Crippen molar-refractivity contribution in [3.05, 3.63) is 217 Å². The average molecular weight is 713 g/mol. The third kappa shape index (κ3) is 5.31. The lowest BCUT2D eigenvalue weighted by molar-refractivity contribution is 1.27. The Morgan fingerprint density at radius 1 is 0.286 bits per heavy atom. The molecule has 4 heteroatoms. The monoisotopic (exact) mass is 712 g/mol. The van der Waals surface area contributed by atoms with Crippen molar-refractivity contribution in [2.45, 2.75) is 0 Å². The van der Waals surface area contributed by atoms with Crippen LogP contribution in [0.5, 0.6) is 0 Å². The summed E-state index contributed by atoms with van der Waals surface area (Å²) in [4.78, 5) is 22.1. The lowest BCUT2D eigenvalue weighted by atomic mass is 9.91. The van der Waals surface area contributed by atoms with Crippen LogP contribution in [0.4, 0.5) is 11.4 Å². The fraction of sp³-hybridized carbons (Fsp3) is 0. The van der Waals surface area contributed by atoms with E-state index in [1.165, 1.54) is 22.3 Å². The SMILES string of the molecule is c1ccc(-c2cccc3c(C4=Nc5cc6ccccc6nc5C(c5cccc6c(-c7ccccc7)cccc56)=Nc5cc6ccccc6nc54)cccc23)cc1. The fourth-order valence-corrected chi connectivity index (χ4v) is 8.22. The summed E-state index contributed by atoms with van der Waals surface area (Å²) in [5.41, 5.74) is 12.9. The minimum Gasteiger partial charge on any atom is -0.244 e. The van der Waals surface area contributed by atoms with Crippen molar-refractivity contribution in [3.63, 3.8) is 0 Å². The number of hydrogen-bond acceptors (Lipinski definition) is 4. The number of nitrogens with zero attached hydrogens (tertiary/aromatic N) is 4. The molecule has 0 bridgehead atoms. The molecule has 0 aliphatic carbocycles. The zero-order valence-corrected chi connectivity index (χ0v) is 30.3. The molecule has 0 atom stereocenters. The molecule has 8 aromatic carbocycles. The van der Waals surface area contributed by atoms with Crippen molar-refractivity contribution >= 4 is 66.1 Å². The molecule has 56 heavy (non-hydrogen) atoms. The summed E-state index contributed by atoms with van der Waals surface area (Å²) in [6, 6.07) is 67.9. The second kappa shape index (κ2) is 13.1. The Morgan fingerprint density at radius 3 is 1.07 bits per heavy atom. The number of para-hydroxylation sites is 2. The summed E-state index contributed by atoms with van der Waals surface area (Å²) in [7, 11) is 0. The molecule has 0 N–H and O–H groups in total. The van der Waals surface area contributed by atoms with E-state index in [-0.39, 0.29) is 0 Å². The molecule has 10 aromatic rings. The first-order valence-corrected chi connectivity index (χ1v) is 18.9. The summed E-state index contributed by atoms with van der Waals surface area (Å²) in [6.45, 7) is 0. The van der Waals surface area contributed by atoms with Gasteiger partial charge in [0, 0.05) is 21.9 Å². The van der Waals surface area contributed by atoms with Crippen LogP contribution in [0, 0.1) is 0 Å². The summed E-state index contributed by atoms with van der Waals surface area (Å²) < 4.78 is 0. The molecule has 0 unspecified atom stereocenters. The molecule has 4 nitrogen and oxygen atoms in total. The molecule has 3 heterocycles. The van der Waals surface area contributed by atoms with Crippen molar-refractivity contribution in [2.24, 2.45) is 9.98 Å². The van der Waals surface area contributed by atoms with Crippen LogP contribution in [0.2, 0.25) is 0 Å². The molecule has 0 saturated carbocycles. The molecule has 0 spiro atoms. The van der Waals surface area contributed by atoms with E-state index < -0.39 is 0 Å². The lowest BCUT2D eigenvalue weighted by Gasteiger charge is -2.20. The molecule has 1 aliphatic heterocycles. The molecule has 11 rings (SSSR count). The molecule has 1 aliphatic rings. The maximum absolute atomic E-state index is 5.65. The summed E-state index contributed by atoms with van der Waals surface area (Å²) in [6.07, 6.45) is 0. The van der Waals surface area contributed by atoms with Crippen LogP contribution in [-0.2, 0) is 0 Å². The molecule has 260 valence electrons. The highest BCUT2D eigenvalue weighted by Crippen LogP contribution is 2.39. The molecular weight excluding hydrogens is 681 g/mol. The van der Waals surface area contributed by atoms with Crippen LogP contribution < -0.4 is 0 Å². The second-order valence-electron chi connectivity index (χ2n) is 14.2. The maximum atomic E-state index is 5.65. The number of aliphatic imine (C=N–C) groups is 2. The maximum Gasteiger partial charge on any atom is 0.116 e. The third-order valence-corrected chi connectivity index (χ3v) is 10.8. The molecule has 0 fully saturated rings. The van der Waals surface area contributed by atoms with E-state index in [1.54, 1.807) is 0 Å². The number of pyridine rings is 2. The van der Waals surface area contributed by atoms with E-state index in [0.717, 1.165) is 88.7 Å². The van der Waals surface area contributed by atoms with Gasteiger partial charge in [-0.3, -0.25) is 0 Å². The van der Waals surface area contributed by atoms with Gasteiger partial charge in [-0.2, -0.15) is 0 Å². The van der Waals surface area contributed by atoms with Crippen LogP contribution in [0.1, 0.15) is 22.5 Å².